The molecule has 4 heteroatoms. The van der Waals surface area contributed by atoms with Crippen LogP contribution in [0, 0.1) is 23.7 Å². The first-order valence-corrected chi connectivity index (χ1v) is 8.17. The van der Waals surface area contributed by atoms with Crippen molar-refractivity contribution in [3.63, 3.8) is 0 Å². The highest BCUT2D eigenvalue weighted by atomic mass is 16.5. The summed E-state index contributed by atoms with van der Waals surface area (Å²) in [5.41, 5.74) is 0.292. The minimum Gasteiger partial charge on any atom is -0.340 e. The molecule has 1 aromatic carbocycles. The number of hydrogen-bond acceptors (Lipinski definition) is 3. The van der Waals surface area contributed by atoms with Gasteiger partial charge in [-0.05, 0) is 20.3 Å². The van der Waals surface area contributed by atoms with Crippen LogP contribution in [0.15, 0.2) is 30.3 Å². The molecule has 4 aliphatic rings. The van der Waals surface area contributed by atoms with E-state index in [0.717, 1.165) is 12.0 Å². The topological polar surface area (TPSA) is 46.6 Å². The van der Waals surface area contributed by atoms with Crippen molar-refractivity contribution < 1.29 is 14.3 Å². The Morgan fingerprint density at radius 1 is 1.23 bits per heavy atom. The van der Waals surface area contributed by atoms with E-state index in [-0.39, 0.29) is 47.5 Å². The molecule has 2 aliphatic heterocycles. The molecule has 4 fully saturated rings. The highest BCUT2D eigenvalue weighted by molar-refractivity contribution is 5.98. The van der Waals surface area contributed by atoms with Crippen molar-refractivity contribution in [2.75, 3.05) is 0 Å². The monoisotopic (exact) mass is 297 g/mol. The van der Waals surface area contributed by atoms with Crippen LogP contribution in [0.1, 0.15) is 25.8 Å². The molecule has 2 saturated carbocycles. The van der Waals surface area contributed by atoms with Crippen molar-refractivity contribution in [2.24, 2.45) is 23.7 Å². The predicted molar refractivity (Wildman–Crippen MR) is 78.6 cm³/mol. The number of likely N-dealkylation sites (tertiary alicyclic amines) is 1. The van der Waals surface area contributed by atoms with Gasteiger partial charge in [0.05, 0.1) is 5.92 Å². The maximum absolute atomic E-state index is 13.1. The van der Waals surface area contributed by atoms with E-state index < -0.39 is 5.72 Å². The molecule has 114 valence electrons. The third kappa shape index (κ3) is 1.14. The molecule has 2 bridgehead atoms. The van der Waals surface area contributed by atoms with Crippen LogP contribution >= 0.6 is 0 Å². The Balaban J connectivity index is 1.77. The van der Waals surface area contributed by atoms with E-state index in [1.165, 1.54) is 0 Å². The van der Waals surface area contributed by atoms with E-state index >= 15 is 0 Å². The Morgan fingerprint density at radius 2 is 1.95 bits per heavy atom. The molecule has 0 radical (unpaired) electrons. The van der Waals surface area contributed by atoms with Crippen molar-refractivity contribution in [1.82, 2.24) is 4.90 Å². The summed E-state index contributed by atoms with van der Waals surface area (Å²) in [6.07, 6.45) is 0.534. The first kappa shape index (κ1) is 12.8. The van der Waals surface area contributed by atoms with Gasteiger partial charge in [0, 0.05) is 29.4 Å². The summed E-state index contributed by atoms with van der Waals surface area (Å²) in [6, 6.07) is 10.1. The first-order valence-electron chi connectivity index (χ1n) is 8.17. The van der Waals surface area contributed by atoms with E-state index in [9.17, 15) is 9.59 Å². The molecule has 2 saturated heterocycles. The molecular weight excluding hydrogens is 278 g/mol. The van der Waals surface area contributed by atoms with Crippen LogP contribution < -0.4 is 0 Å². The lowest BCUT2D eigenvalue weighted by Gasteiger charge is -2.41. The number of nitrogens with zero attached hydrogens (tertiary/aromatic N) is 1. The molecule has 1 aromatic rings. The van der Waals surface area contributed by atoms with Gasteiger partial charge in [-0.2, -0.15) is 0 Å². The number of ketones is 1. The van der Waals surface area contributed by atoms with Crippen molar-refractivity contribution in [1.29, 1.82) is 0 Å². The van der Waals surface area contributed by atoms with Crippen molar-refractivity contribution in [3.8, 4) is 0 Å². The molecule has 5 rings (SSSR count). The quantitative estimate of drug-likeness (QED) is 0.838. The lowest BCUT2D eigenvalue weighted by atomic mass is 9.76. The second-order valence-electron chi connectivity index (χ2n) is 7.36. The number of amides is 1. The van der Waals surface area contributed by atoms with Gasteiger partial charge in [0.15, 0.2) is 11.5 Å². The highest BCUT2D eigenvalue weighted by Crippen LogP contribution is 2.69. The van der Waals surface area contributed by atoms with Crippen LogP contribution in [0.5, 0.6) is 0 Å². The minimum absolute atomic E-state index is 0.0616. The molecule has 1 amide bonds. The van der Waals surface area contributed by atoms with Crippen LogP contribution in [0.2, 0.25) is 0 Å². The molecule has 22 heavy (non-hydrogen) atoms. The number of carbonyl (C=O) groups is 2. The van der Waals surface area contributed by atoms with E-state index in [1.807, 2.05) is 49.1 Å². The Morgan fingerprint density at radius 3 is 2.64 bits per heavy atom. The number of Topliss-reactive ketones (excluding diaryl/α,β-unsaturated/α-hetero) is 1. The first-order chi connectivity index (χ1) is 10.6. The third-order valence-electron chi connectivity index (χ3n) is 6.19. The van der Waals surface area contributed by atoms with Crippen LogP contribution in [0.25, 0.3) is 0 Å². The zero-order valence-electron chi connectivity index (χ0n) is 12.7. The molecule has 4 nitrogen and oxygen atoms in total. The molecule has 0 spiro atoms. The summed E-state index contributed by atoms with van der Waals surface area (Å²) < 4.78 is 6.42. The summed E-state index contributed by atoms with van der Waals surface area (Å²) in [6.45, 7) is 4.07. The molecule has 0 aromatic heterocycles. The number of ether oxygens (including phenoxy) is 1. The van der Waals surface area contributed by atoms with Gasteiger partial charge in [-0.15, -0.1) is 0 Å². The zero-order valence-corrected chi connectivity index (χ0v) is 12.7. The van der Waals surface area contributed by atoms with E-state index in [1.54, 1.807) is 0 Å². The zero-order chi connectivity index (χ0) is 15.2. The number of hydrogen-bond donors (Lipinski definition) is 0. The average molecular weight is 297 g/mol. The smallest absolute Gasteiger partial charge is 0.229 e. The van der Waals surface area contributed by atoms with Crippen LogP contribution in [-0.4, -0.2) is 28.7 Å². The van der Waals surface area contributed by atoms with Gasteiger partial charge in [-0.1, -0.05) is 30.3 Å². The molecule has 2 heterocycles. The standard InChI is InChI=1S/C18H19NO3/c1-9(2)19-17(21)13-11-8-12-14(13)18(19,22-16(12)15(11)20)10-6-4-3-5-7-10/h3-7,9,11-14,16H,8H2,1-2H3. The Hall–Kier alpha value is -1.68. The van der Waals surface area contributed by atoms with Crippen molar-refractivity contribution in [3.05, 3.63) is 35.9 Å². The minimum atomic E-state index is -0.729. The molecular formula is C18H19NO3. The van der Waals surface area contributed by atoms with E-state index in [0.29, 0.717) is 0 Å². The van der Waals surface area contributed by atoms with Gasteiger partial charge < -0.3 is 9.64 Å². The third-order valence-corrected chi connectivity index (χ3v) is 6.19. The number of fused-ring (bicyclic) bond motifs is 2. The van der Waals surface area contributed by atoms with Gasteiger partial charge in [-0.25, -0.2) is 0 Å². The Kier molecular flexibility index (Phi) is 2.21. The SMILES string of the molecule is CC(C)N1C(=O)C2C3CC4C(OC1(c1ccccc1)C42)C3=O. The van der Waals surface area contributed by atoms with Gasteiger partial charge in [0.2, 0.25) is 5.91 Å². The van der Waals surface area contributed by atoms with Crippen molar-refractivity contribution in [2.45, 2.75) is 38.1 Å². The fraction of sp³-hybridized carbons (Fsp3) is 0.556. The van der Waals surface area contributed by atoms with Gasteiger partial charge in [0.25, 0.3) is 0 Å². The summed E-state index contributed by atoms with van der Waals surface area (Å²) in [5, 5.41) is 0. The van der Waals surface area contributed by atoms with Gasteiger partial charge in [0.1, 0.15) is 6.10 Å². The second-order valence-corrected chi connectivity index (χ2v) is 7.36. The maximum Gasteiger partial charge on any atom is 0.229 e. The Labute approximate surface area is 129 Å². The maximum atomic E-state index is 13.1. The van der Waals surface area contributed by atoms with Crippen LogP contribution in [-0.2, 0) is 20.1 Å². The summed E-state index contributed by atoms with van der Waals surface area (Å²) in [4.78, 5) is 27.5. The van der Waals surface area contributed by atoms with Crippen LogP contribution in [0.4, 0.5) is 0 Å². The fourth-order valence-corrected chi connectivity index (χ4v) is 5.66. The average Bonchev–Trinajstić information content (AvgIpc) is 3.16. The lowest BCUT2D eigenvalue weighted by Crippen LogP contribution is -2.51. The van der Waals surface area contributed by atoms with Crippen molar-refractivity contribution >= 4 is 11.7 Å². The van der Waals surface area contributed by atoms with Gasteiger partial charge >= 0.3 is 0 Å². The van der Waals surface area contributed by atoms with Crippen LogP contribution in [0.3, 0.4) is 0 Å². The summed E-state index contributed by atoms with van der Waals surface area (Å²) in [5.74, 6) is 0.359. The van der Waals surface area contributed by atoms with E-state index in [2.05, 4.69) is 0 Å². The number of rotatable bonds is 2. The molecule has 6 unspecified atom stereocenters. The van der Waals surface area contributed by atoms with E-state index in [4.69, 9.17) is 4.74 Å². The largest absolute Gasteiger partial charge is 0.340 e. The number of carbonyl (C=O) groups excluding carboxylic acids is 2. The molecule has 6 atom stereocenters. The fourth-order valence-electron chi connectivity index (χ4n) is 5.66. The highest BCUT2D eigenvalue weighted by Gasteiger charge is 2.79. The Bertz CT molecular complexity index is 685. The lowest BCUT2D eigenvalue weighted by molar-refractivity contribution is -0.179. The second kappa shape index (κ2) is 3.80. The normalized spacial score (nSPS) is 44.7. The summed E-state index contributed by atoms with van der Waals surface area (Å²) in [7, 11) is 0. The predicted octanol–water partition coefficient (Wildman–Crippen LogP) is 1.94. The molecule has 0 N–H and O–H groups in total. The summed E-state index contributed by atoms with van der Waals surface area (Å²) >= 11 is 0. The molecule has 2 aliphatic carbocycles. The number of benzene rings is 1. The van der Waals surface area contributed by atoms with Gasteiger partial charge in [-0.3, -0.25) is 9.59 Å².